The van der Waals surface area contributed by atoms with Gasteiger partial charge < -0.3 is 16.0 Å². The van der Waals surface area contributed by atoms with Crippen molar-refractivity contribution in [1.82, 2.24) is 9.97 Å². The highest BCUT2D eigenvalue weighted by atomic mass is 16.6. The number of nitrogens with one attached hydrogen (secondary N) is 1. The molecule has 23 heavy (non-hydrogen) atoms. The molecule has 1 aliphatic rings. The molecule has 0 aliphatic carbocycles. The van der Waals surface area contributed by atoms with E-state index in [4.69, 9.17) is 5.73 Å². The van der Waals surface area contributed by atoms with E-state index in [1.165, 1.54) is 0 Å². The van der Waals surface area contributed by atoms with Crippen molar-refractivity contribution in [2.75, 3.05) is 29.0 Å². The molecule has 0 amide bonds. The second kappa shape index (κ2) is 6.97. The lowest BCUT2D eigenvalue weighted by Gasteiger charge is -2.35. The van der Waals surface area contributed by atoms with Gasteiger partial charge in [0.15, 0.2) is 0 Å². The summed E-state index contributed by atoms with van der Waals surface area (Å²) in [6.45, 7) is 9.83. The van der Waals surface area contributed by atoms with E-state index in [2.05, 4.69) is 29.1 Å². The zero-order valence-electron chi connectivity index (χ0n) is 14.2. The standard InChI is InChI=1S/C15H26N6O2/c1-5-11(4)17-15-18-13(16)12(21(22)23)14(19-15)20-7-9(2)6-10(3)8-20/h9-11H,5-8H2,1-4H3,(H3,16,17,18,19)/t9-,10+,11-/m0/s1. The van der Waals surface area contributed by atoms with E-state index in [0.717, 1.165) is 25.9 Å². The van der Waals surface area contributed by atoms with Gasteiger partial charge in [-0.15, -0.1) is 0 Å². The van der Waals surface area contributed by atoms with Gasteiger partial charge in [0, 0.05) is 19.1 Å². The van der Waals surface area contributed by atoms with Crippen LogP contribution < -0.4 is 16.0 Å². The fourth-order valence-electron chi connectivity index (χ4n) is 3.08. The van der Waals surface area contributed by atoms with Crippen LogP contribution in [0.3, 0.4) is 0 Å². The predicted octanol–water partition coefficient (Wildman–Crippen LogP) is 2.66. The van der Waals surface area contributed by atoms with Gasteiger partial charge in [-0.2, -0.15) is 9.97 Å². The van der Waals surface area contributed by atoms with Crippen LogP contribution in [0.15, 0.2) is 0 Å². The van der Waals surface area contributed by atoms with Gasteiger partial charge in [-0.1, -0.05) is 20.8 Å². The van der Waals surface area contributed by atoms with Crippen LogP contribution in [0.2, 0.25) is 0 Å². The normalized spacial score (nSPS) is 22.7. The highest BCUT2D eigenvalue weighted by Gasteiger charge is 2.31. The number of nitrogens with two attached hydrogens (primary N) is 1. The molecule has 0 radical (unpaired) electrons. The number of aromatic nitrogens is 2. The Balaban J connectivity index is 2.43. The molecule has 2 rings (SSSR count). The van der Waals surface area contributed by atoms with Gasteiger partial charge in [-0.3, -0.25) is 10.1 Å². The maximum absolute atomic E-state index is 11.4. The van der Waals surface area contributed by atoms with Crippen molar-refractivity contribution in [3.8, 4) is 0 Å². The molecule has 128 valence electrons. The first kappa shape index (κ1) is 17.2. The molecule has 0 aromatic carbocycles. The molecule has 2 heterocycles. The van der Waals surface area contributed by atoms with Gasteiger partial charge in [-0.05, 0) is 31.6 Å². The maximum atomic E-state index is 11.4. The summed E-state index contributed by atoms with van der Waals surface area (Å²) in [6.07, 6.45) is 2.01. The molecule has 1 aliphatic heterocycles. The molecule has 1 fully saturated rings. The fraction of sp³-hybridized carbons (Fsp3) is 0.733. The van der Waals surface area contributed by atoms with Crippen molar-refractivity contribution < 1.29 is 4.92 Å². The third-order valence-corrected chi connectivity index (χ3v) is 4.23. The second-order valence-electron chi connectivity index (χ2n) is 6.67. The summed E-state index contributed by atoms with van der Waals surface area (Å²) in [6, 6.07) is 0.169. The largest absolute Gasteiger partial charge is 0.378 e. The van der Waals surface area contributed by atoms with E-state index >= 15 is 0 Å². The van der Waals surface area contributed by atoms with Crippen LogP contribution in [0.1, 0.15) is 40.5 Å². The molecule has 0 saturated carbocycles. The van der Waals surface area contributed by atoms with Crippen LogP contribution in [0, 0.1) is 22.0 Å². The van der Waals surface area contributed by atoms with E-state index in [0.29, 0.717) is 23.6 Å². The zero-order valence-corrected chi connectivity index (χ0v) is 14.2. The van der Waals surface area contributed by atoms with Crippen molar-refractivity contribution >= 4 is 23.3 Å². The van der Waals surface area contributed by atoms with E-state index in [9.17, 15) is 10.1 Å². The van der Waals surface area contributed by atoms with Gasteiger partial charge in [0.25, 0.3) is 0 Å². The Kier molecular flexibility index (Phi) is 5.23. The minimum atomic E-state index is -0.484. The van der Waals surface area contributed by atoms with Gasteiger partial charge >= 0.3 is 5.69 Å². The quantitative estimate of drug-likeness (QED) is 0.633. The Labute approximate surface area is 136 Å². The van der Waals surface area contributed by atoms with Gasteiger partial charge in [0.1, 0.15) is 0 Å². The van der Waals surface area contributed by atoms with Crippen molar-refractivity contribution in [1.29, 1.82) is 0 Å². The Hall–Kier alpha value is -2.12. The summed E-state index contributed by atoms with van der Waals surface area (Å²) in [7, 11) is 0. The SMILES string of the molecule is CC[C@H](C)Nc1nc(N)c([N+](=O)[O-])c(N2C[C@H](C)C[C@H](C)C2)n1. The van der Waals surface area contributed by atoms with Gasteiger partial charge in [-0.25, -0.2) is 0 Å². The maximum Gasteiger partial charge on any atom is 0.353 e. The van der Waals surface area contributed by atoms with E-state index < -0.39 is 4.92 Å². The molecule has 0 spiro atoms. The summed E-state index contributed by atoms with van der Waals surface area (Å²) in [5.41, 5.74) is 5.66. The highest BCUT2D eigenvalue weighted by molar-refractivity contribution is 5.71. The second-order valence-corrected chi connectivity index (χ2v) is 6.67. The molecule has 1 saturated heterocycles. The first-order chi connectivity index (χ1) is 10.8. The van der Waals surface area contributed by atoms with Crippen molar-refractivity contribution in [2.45, 2.75) is 46.6 Å². The topological polar surface area (TPSA) is 110 Å². The number of nitro groups is 1. The molecule has 3 atom stereocenters. The van der Waals surface area contributed by atoms with E-state index in [1.807, 2.05) is 18.7 Å². The molecule has 1 aromatic rings. The van der Waals surface area contributed by atoms with Crippen molar-refractivity contribution in [2.24, 2.45) is 11.8 Å². The Morgan fingerprint density at radius 2 is 2.00 bits per heavy atom. The van der Waals surface area contributed by atoms with Gasteiger partial charge in [0.2, 0.25) is 17.6 Å². The molecular formula is C15H26N6O2. The summed E-state index contributed by atoms with van der Waals surface area (Å²) in [5.74, 6) is 1.51. The van der Waals surface area contributed by atoms with Crippen molar-refractivity contribution in [3.05, 3.63) is 10.1 Å². The lowest BCUT2D eigenvalue weighted by molar-refractivity contribution is -0.383. The van der Waals surface area contributed by atoms with Crippen LogP contribution in [0.5, 0.6) is 0 Å². The summed E-state index contributed by atoms with van der Waals surface area (Å²) >= 11 is 0. The molecule has 3 N–H and O–H groups in total. The number of piperidine rings is 1. The lowest BCUT2D eigenvalue weighted by atomic mass is 9.92. The van der Waals surface area contributed by atoms with Crippen LogP contribution in [0.4, 0.5) is 23.3 Å². The molecular weight excluding hydrogens is 296 g/mol. The summed E-state index contributed by atoms with van der Waals surface area (Å²) in [4.78, 5) is 21.4. The van der Waals surface area contributed by atoms with E-state index in [-0.39, 0.29) is 17.5 Å². The number of anilines is 3. The Morgan fingerprint density at radius 1 is 1.39 bits per heavy atom. The van der Waals surface area contributed by atoms with E-state index in [1.54, 1.807) is 0 Å². The first-order valence-corrected chi connectivity index (χ1v) is 8.15. The molecule has 8 nitrogen and oxygen atoms in total. The lowest BCUT2D eigenvalue weighted by Crippen LogP contribution is -2.39. The molecule has 1 aromatic heterocycles. The summed E-state index contributed by atoms with van der Waals surface area (Å²) < 4.78 is 0. The molecule has 0 bridgehead atoms. The van der Waals surface area contributed by atoms with Crippen molar-refractivity contribution in [3.63, 3.8) is 0 Å². The van der Waals surface area contributed by atoms with Crippen LogP contribution >= 0.6 is 0 Å². The van der Waals surface area contributed by atoms with Gasteiger partial charge in [0.05, 0.1) is 4.92 Å². The number of hydrogen-bond donors (Lipinski definition) is 2. The first-order valence-electron chi connectivity index (χ1n) is 8.15. The molecule has 0 unspecified atom stereocenters. The van der Waals surface area contributed by atoms with Crippen LogP contribution in [-0.2, 0) is 0 Å². The minimum Gasteiger partial charge on any atom is -0.378 e. The highest BCUT2D eigenvalue weighted by Crippen LogP contribution is 2.35. The predicted molar refractivity (Wildman–Crippen MR) is 91.6 cm³/mol. The minimum absolute atomic E-state index is 0.0864. The Morgan fingerprint density at radius 3 is 2.52 bits per heavy atom. The monoisotopic (exact) mass is 322 g/mol. The van der Waals surface area contributed by atoms with Crippen LogP contribution in [0.25, 0.3) is 0 Å². The smallest absolute Gasteiger partial charge is 0.353 e. The number of nitrogens with zero attached hydrogens (tertiary/aromatic N) is 4. The summed E-state index contributed by atoms with van der Waals surface area (Å²) in [5, 5.41) is 14.6. The third kappa shape index (κ3) is 4.00. The Bertz CT molecular complexity index is 569. The zero-order chi connectivity index (χ0) is 17.1. The van der Waals surface area contributed by atoms with Crippen LogP contribution in [-0.4, -0.2) is 34.0 Å². The average Bonchev–Trinajstić information content (AvgIpc) is 2.44. The average molecular weight is 322 g/mol. The number of nitrogen functional groups attached to an aromatic ring is 1. The molecule has 8 heteroatoms. The number of hydrogen-bond acceptors (Lipinski definition) is 7. The fourth-order valence-corrected chi connectivity index (χ4v) is 3.08. The third-order valence-electron chi connectivity index (χ3n) is 4.23. The number of rotatable bonds is 5.